The summed E-state index contributed by atoms with van der Waals surface area (Å²) in [6.45, 7) is 10.0. The molecule has 1 N–H and O–H groups in total. The van der Waals surface area contributed by atoms with Gasteiger partial charge in [0.2, 0.25) is 0 Å². The maximum absolute atomic E-state index is 12.4. The van der Waals surface area contributed by atoms with Gasteiger partial charge in [-0.1, -0.05) is 30.3 Å². The van der Waals surface area contributed by atoms with Crippen molar-refractivity contribution >= 4 is 6.09 Å². The minimum absolute atomic E-state index is 0.0821. The first-order valence-electron chi connectivity index (χ1n) is 7.04. The summed E-state index contributed by atoms with van der Waals surface area (Å²) in [5.74, 6) is 0. The normalized spacial score (nSPS) is 20.5. The molecule has 0 unspecified atom stereocenters. The molecule has 2 rings (SSSR count). The fraction of sp³-hybridized carbons (Fsp3) is 0.562. The second kappa shape index (κ2) is 5.44. The van der Waals surface area contributed by atoms with Crippen molar-refractivity contribution in [1.82, 2.24) is 10.2 Å². The Balaban J connectivity index is 2.00. The molecule has 1 saturated heterocycles. The Morgan fingerprint density at radius 3 is 2.55 bits per heavy atom. The van der Waals surface area contributed by atoms with E-state index in [-0.39, 0.29) is 17.2 Å². The Hall–Kier alpha value is -1.55. The van der Waals surface area contributed by atoms with Crippen molar-refractivity contribution in [2.24, 2.45) is 0 Å². The number of piperazine rings is 1. The third-order valence-electron chi connectivity index (χ3n) is 3.71. The molecule has 0 atom stereocenters. The van der Waals surface area contributed by atoms with Gasteiger partial charge in [-0.05, 0) is 33.3 Å². The molecule has 1 amide bonds. The van der Waals surface area contributed by atoms with Crippen LogP contribution in [0.2, 0.25) is 0 Å². The van der Waals surface area contributed by atoms with E-state index < -0.39 is 0 Å². The quantitative estimate of drug-likeness (QED) is 0.903. The number of hydrogen-bond acceptors (Lipinski definition) is 3. The number of rotatable bonds is 2. The van der Waals surface area contributed by atoms with E-state index in [4.69, 9.17) is 4.74 Å². The number of nitrogens with one attached hydrogen (secondary N) is 1. The Morgan fingerprint density at radius 1 is 1.25 bits per heavy atom. The molecule has 4 nitrogen and oxygen atoms in total. The molecule has 0 saturated carbocycles. The predicted octanol–water partition coefficient (Wildman–Crippen LogP) is 2.79. The third-order valence-corrected chi connectivity index (χ3v) is 3.71. The summed E-state index contributed by atoms with van der Waals surface area (Å²) in [4.78, 5) is 14.2. The topological polar surface area (TPSA) is 41.6 Å². The van der Waals surface area contributed by atoms with Gasteiger partial charge in [0.1, 0.15) is 6.61 Å². The van der Waals surface area contributed by atoms with Crippen LogP contribution >= 0.6 is 0 Å². The van der Waals surface area contributed by atoms with Crippen molar-refractivity contribution in [3.63, 3.8) is 0 Å². The van der Waals surface area contributed by atoms with Crippen molar-refractivity contribution in [2.75, 3.05) is 13.1 Å². The highest BCUT2D eigenvalue weighted by molar-refractivity contribution is 5.69. The molecular formula is C16H24N2O2. The zero-order valence-electron chi connectivity index (χ0n) is 12.8. The first-order valence-corrected chi connectivity index (χ1v) is 7.04. The molecule has 1 fully saturated rings. The number of nitrogens with zero attached hydrogens (tertiary/aromatic N) is 1. The summed E-state index contributed by atoms with van der Waals surface area (Å²) in [6.07, 6.45) is -0.242. The van der Waals surface area contributed by atoms with Crippen LogP contribution in [0, 0.1) is 0 Å². The van der Waals surface area contributed by atoms with Crippen LogP contribution in [0.3, 0.4) is 0 Å². The third kappa shape index (κ3) is 3.51. The first-order chi connectivity index (χ1) is 9.30. The van der Waals surface area contributed by atoms with Gasteiger partial charge in [-0.25, -0.2) is 4.79 Å². The summed E-state index contributed by atoms with van der Waals surface area (Å²) < 4.78 is 5.46. The van der Waals surface area contributed by atoms with E-state index in [1.54, 1.807) is 0 Å². The Labute approximate surface area is 121 Å². The predicted molar refractivity (Wildman–Crippen MR) is 79.5 cm³/mol. The molecule has 0 bridgehead atoms. The fourth-order valence-corrected chi connectivity index (χ4v) is 2.33. The van der Waals surface area contributed by atoms with E-state index in [1.165, 1.54) is 0 Å². The van der Waals surface area contributed by atoms with Crippen LogP contribution in [0.25, 0.3) is 0 Å². The standard InChI is InChI=1S/C16H24N2O2/c1-15(2)12-18(16(3,4)11-17-15)14(19)20-10-13-8-6-5-7-9-13/h5-9,17H,10-12H2,1-4H3. The van der Waals surface area contributed by atoms with Gasteiger partial charge in [-0.3, -0.25) is 4.90 Å². The molecule has 0 aromatic heterocycles. The second-order valence-corrected chi connectivity index (χ2v) is 6.68. The van der Waals surface area contributed by atoms with Crippen molar-refractivity contribution in [3.05, 3.63) is 35.9 Å². The number of carbonyl (C=O) groups is 1. The van der Waals surface area contributed by atoms with Crippen LogP contribution in [0.15, 0.2) is 30.3 Å². The van der Waals surface area contributed by atoms with Gasteiger partial charge in [-0.2, -0.15) is 0 Å². The van der Waals surface area contributed by atoms with Crippen LogP contribution in [0.1, 0.15) is 33.3 Å². The minimum atomic E-state index is -0.242. The molecule has 1 aliphatic rings. The monoisotopic (exact) mass is 276 g/mol. The highest BCUT2D eigenvalue weighted by Crippen LogP contribution is 2.24. The highest BCUT2D eigenvalue weighted by Gasteiger charge is 2.41. The summed E-state index contributed by atoms with van der Waals surface area (Å²) in [5.41, 5.74) is 0.693. The molecule has 20 heavy (non-hydrogen) atoms. The lowest BCUT2D eigenvalue weighted by Gasteiger charge is -2.48. The molecule has 1 aromatic carbocycles. The minimum Gasteiger partial charge on any atom is -0.445 e. The van der Waals surface area contributed by atoms with Gasteiger partial charge < -0.3 is 10.1 Å². The average Bonchev–Trinajstić information content (AvgIpc) is 2.40. The lowest BCUT2D eigenvalue weighted by Crippen LogP contribution is -2.67. The number of carbonyl (C=O) groups excluding carboxylic acids is 1. The second-order valence-electron chi connectivity index (χ2n) is 6.68. The molecular weight excluding hydrogens is 252 g/mol. The smallest absolute Gasteiger partial charge is 0.410 e. The number of hydrogen-bond donors (Lipinski definition) is 1. The molecule has 1 aromatic rings. The van der Waals surface area contributed by atoms with Gasteiger partial charge in [0.15, 0.2) is 0 Å². The van der Waals surface area contributed by atoms with Crippen molar-refractivity contribution in [1.29, 1.82) is 0 Å². The number of benzene rings is 1. The summed E-state index contributed by atoms with van der Waals surface area (Å²) >= 11 is 0. The van der Waals surface area contributed by atoms with Crippen LogP contribution in [0.5, 0.6) is 0 Å². The maximum atomic E-state index is 12.4. The molecule has 0 spiro atoms. The van der Waals surface area contributed by atoms with E-state index >= 15 is 0 Å². The van der Waals surface area contributed by atoms with E-state index in [2.05, 4.69) is 33.0 Å². The fourth-order valence-electron chi connectivity index (χ4n) is 2.33. The molecule has 1 aliphatic heterocycles. The van der Waals surface area contributed by atoms with Crippen LogP contribution < -0.4 is 5.32 Å². The number of amides is 1. The molecule has 0 aliphatic carbocycles. The summed E-state index contributed by atoms with van der Waals surface area (Å²) in [6, 6.07) is 9.76. The van der Waals surface area contributed by atoms with Gasteiger partial charge in [0, 0.05) is 18.6 Å². The Bertz CT molecular complexity index is 469. The molecule has 0 radical (unpaired) electrons. The van der Waals surface area contributed by atoms with Crippen molar-refractivity contribution < 1.29 is 9.53 Å². The van der Waals surface area contributed by atoms with Gasteiger partial charge in [-0.15, -0.1) is 0 Å². The maximum Gasteiger partial charge on any atom is 0.410 e. The molecule has 4 heteroatoms. The van der Waals surface area contributed by atoms with E-state index in [1.807, 2.05) is 35.2 Å². The van der Waals surface area contributed by atoms with Crippen LogP contribution in [-0.4, -0.2) is 35.2 Å². The summed E-state index contributed by atoms with van der Waals surface area (Å²) in [7, 11) is 0. The Kier molecular flexibility index (Phi) is 4.04. The van der Waals surface area contributed by atoms with E-state index in [9.17, 15) is 4.79 Å². The summed E-state index contributed by atoms with van der Waals surface area (Å²) in [5, 5.41) is 3.46. The van der Waals surface area contributed by atoms with Crippen LogP contribution in [-0.2, 0) is 11.3 Å². The molecule has 1 heterocycles. The van der Waals surface area contributed by atoms with Gasteiger partial charge in [0.25, 0.3) is 0 Å². The number of ether oxygens (including phenoxy) is 1. The van der Waals surface area contributed by atoms with Crippen molar-refractivity contribution in [3.8, 4) is 0 Å². The van der Waals surface area contributed by atoms with E-state index in [0.717, 1.165) is 12.1 Å². The first kappa shape index (κ1) is 14.9. The zero-order valence-corrected chi connectivity index (χ0v) is 12.8. The zero-order chi connectivity index (χ0) is 14.8. The molecule has 110 valence electrons. The van der Waals surface area contributed by atoms with Gasteiger partial charge >= 0.3 is 6.09 Å². The van der Waals surface area contributed by atoms with E-state index in [0.29, 0.717) is 13.2 Å². The average molecular weight is 276 g/mol. The highest BCUT2D eigenvalue weighted by atomic mass is 16.6. The Morgan fingerprint density at radius 2 is 1.90 bits per heavy atom. The lowest BCUT2D eigenvalue weighted by atomic mass is 9.92. The lowest BCUT2D eigenvalue weighted by molar-refractivity contribution is 0.0196. The van der Waals surface area contributed by atoms with Crippen LogP contribution in [0.4, 0.5) is 4.79 Å². The van der Waals surface area contributed by atoms with Crippen molar-refractivity contribution in [2.45, 2.75) is 45.4 Å². The van der Waals surface area contributed by atoms with Gasteiger partial charge in [0.05, 0.1) is 5.54 Å². The SMILES string of the molecule is CC1(C)CN(C(=O)OCc2ccccc2)C(C)(C)CN1. The largest absolute Gasteiger partial charge is 0.445 e.